The molecular formula is C15H21NO5. The topological polar surface area (TPSA) is 79.2 Å². The van der Waals surface area contributed by atoms with Crippen LogP contribution in [0.5, 0.6) is 11.5 Å². The molecule has 0 aliphatic carbocycles. The van der Waals surface area contributed by atoms with Crippen molar-refractivity contribution in [2.45, 2.75) is 19.5 Å². The smallest absolute Gasteiger partial charge is 0.310 e. The normalized spacial score (nSPS) is 21.7. The largest absolute Gasteiger partial charge is 0.508 e. The zero-order valence-corrected chi connectivity index (χ0v) is 12.3. The fourth-order valence-corrected chi connectivity index (χ4v) is 2.64. The highest BCUT2D eigenvalue weighted by molar-refractivity contribution is 5.71. The predicted octanol–water partition coefficient (Wildman–Crippen LogP) is 1.32. The van der Waals surface area contributed by atoms with E-state index in [1.54, 1.807) is 25.3 Å². The lowest BCUT2D eigenvalue weighted by atomic mass is 10.0. The fraction of sp³-hybridized carbons (Fsp3) is 0.533. The first kappa shape index (κ1) is 15.6. The van der Waals surface area contributed by atoms with Crippen molar-refractivity contribution in [3.63, 3.8) is 0 Å². The summed E-state index contributed by atoms with van der Waals surface area (Å²) in [4.78, 5) is 13.3. The van der Waals surface area contributed by atoms with E-state index in [9.17, 15) is 15.0 Å². The average molecular weight is 295 g/mol. The number of phenolic OH excluding ortho intramolecular Hbond substituents is 1. The van der Waals surface area contributed by atoms with E-state index in [-0.39, 0.29) is 18.4 Å². The Morgan fingerprint density at radius 2 is 2.24 bits per heavy atom. The second kappa shape index (κ2) is 6.78. The molecule has 116 valence electrons. The van der Waals surface area contributed by atoms with Gasteiger partial charge in [-0.25, -0.2) is 0 Å². The van der Waals surface area contributed by atoms with E-state index < -0.39 is 11.9 Å². The molecule has 2 unspecified atom stereocenters. The number of aromatic hydroxyl groups is 1. The van der Waals surface area contributed by atoms with Crippen LogP contribution in [0.4, 0.5) is 0 Å². The molecule has 6 heteroatoms. The Kier molecular flexibility index (Phi) is 5.03. The van der Waals surface area contributed by atoms with Crippen molar-refractivity contribution in [1.29, 1.82) is 0 Å². The molecule has 0 bridgehead atoms. The Morgan fingerprint density at radius 1 is 1.48 bits per heavy atom. The van der Waals surface area contributed by atoms with Crippen LogP contribution in [0.15, 0.2) is 18.2 Å². The standard InChI is InChI=1S/C15H21NO5/c1-3-16(13-9-21-8-12(13)15(18)19)7-10-6-11(20-2)4-5-14(10)17/h4-6,12-13,17H,3,7-9H2,1-2H3,(H,18,19). The molecule has 6 nitrogen and oxygen atoms in total. The predicted molar refractivity (Wildman–Crippen MR) is 76.5 cm³/mol. The molecule has 1 aromatic carbocycles. The number of benzene rings is 1. The third-order valence-corrected chi connectivity index (χ3v) is 3.90. The molecule has 1 saturated heterocycles. The van der Waals surface area contributed by atoms with Crippen LogP contribution in [0.1, 0.15) is 12.5 Å². The van der Waals surface area contributed by atoms with Crippen molar-refractivity contribution in [2.75, 3.05) is 26.9 Å². The van der Waals surface area contributed by atoms with Crippen molar-refractivity contribution in [3.05, 3.63) is 23.8 Å². The van der Waals surface area contributed by atoms with Crippen molar-refractivity contribution in [1.82, 2.24) is 4.90 Å². The van der Waals surface area contributed by atoms with Gasteiger partial charge in [-0.2, -0.15) is 0 Å². The van der Waals surface area contributed by atoms with E-state index >= 15 is 0 Å². The van der Waals surface area contributed by atoms with E-state index in [1.807, 2.05) is 11.8 Å². The van der Waals surface area contributed by atoms with Crippen LogP contribution in [0.3, 0.4) is 0 Å². The molecule has 0 spiro atoms. The Labute approximate surface area is 123 Å². The first-order valence-corrected chi connectivity index (χ1v) is 6.97. The van der Waals surface area contributed by atoms with Crippen LogP contribution < -0.4 is 4.74 Å². The quantitative estimate of drug-likeness (QED) is 0.824. The minimum Gasteiger partial charge on any atom is -0.508 e. The molecule has 0 radical (unpaired) electrons. The van der Waals surface area contributed by atoms with Gasteiger partial charge >= 0.3 is 5.97 Å². The molecule has 1 aliphatic rings. The number of rotatable bonds is 6. The van der Waals surface area contributed by atoms with Gasteiger partial charge in [-0.3, -0.25) is 9.69 Å². The van der Waals surface area contributed by atoms with Gasteiger partial charge in [0.25, 0.3) is 0 Å². The maximum absolute atomic E-state index is 11.3. The SMILES string of the molecule is CCN(Cc1cc(OC)ccc1O)C1COCC1C(=O)O. The minimum atomic E-state index is -0.842. The summed E-state index contributed by atoms with van der Waals surface area (Å²) in [6.07, 6.45) is 0. The fourth-order valence-electron chi connectivity index (χ4n) is 2.64. The number of phenols is 1. The van der Waals surface area contributed by atoms with Gasteiger partial charge in [0.2, 0.25) is 0 Å². The Bertz CT molecular complexity index is 505. The number of hydrogen-bond acceptors (Lipinski definition) is 5. The number of likely N-dealkylation sites (N-methyl/N-ethyl adjacent to an activating group) is 1. The molecule has 0 aromatic heterocycles. The number of carboxylic acid groups (broad SMARTS) is 1. The summed E-state index contributed by atoms with van der Waals surface area (Å²) in [7, 11) is 1.57. The van der Waals surface area contributed by atoms with Crippen LogP contribution in [-0.2, 0) is 16.1 Å². The van der Waals surface area contributed by atoms with E-state index in [4.69, 9.17) is 9.47 Å². The summed E-state index contributed by atoms with van der Waals surface area (Å²) >= 11 is 0. The summed E-state index contributed by atoms with van der Waals surface area (Å²) in [5, 5.41) is 19.2. The van der Waals surface area contributed by atoms with Gasteiger partial charge < -0.3 is 19.7 Å². The van der Waals surface area contributed by atoms with Gasteiger partial charge in [0.1, 0.15) is 11.5 Å². The summed E-state index contributed by atoms with van der Waals surface area (Å²) < 4.78 is 10.5. The highest BCUT2D eigenvalue weighted by atomic mass is 16.5. The van der Waals surface area contributed by atoms with Crippen LogP contribution in [0.2, 0.25) is 0 Å². The molecule has 21 heavy (non-hydrogen) atoms. The molecule has 1 heterocycles. The maximum Gasteiger partial charge on any atom is 0.310 e. The molecule has 1 aliphatic heterocycles. The highest BCUT2D eigenvalue weighted by Gasteiger charge is 2.37. The zero-order chi connectivity index (χ0) is 15.4. The maximum atomic E-state index is 11.3. The summed E-state index contributed by atoms with van der Waals surface area (Å²) in [6.45, 7) is 3.73. The monoisotopic (exact) mass is 295 g/mol. The molecular weight excluding hydrogens is 274 g/mol. The Balaban J connectivity index is 2.17. The van der Waals surface area contributed by atoms with Crippen LogP contribution >= 0.6 is 0 Å². The van der Waals surface area contributed by atoms with Crippen molar-refractivity contribution >= 4 is 5.97 Å². The van der Waals surface area contributed by atoms with Gasteiger partial charge in [-0.15, -0.1) is 0 Å². The van der Waals surface area contributed by atoms with Crippen LogP contribution in [0, 0.1) is 5.92 Å². The number of hydrogen-bond donors (Lipinski definition) is 2. The average Bonchev–Trinajstić information content (AvgIpc) is 2.96. The molecule has 2 atom stereocenters. The molecule has 1 aromatic rings. The minimum absolute atomic E-state index is 0.181. The number of ether oxygens (including phenoxy) is 2. The summed E-state index contributed by atoms with van der Waals surface area (Å²) in [5.74, 6) is -0.528. The first-order chi connectivity index (χ1) is 10.1. The van der Waals surface area contributed by atoms with E-state index in [0.29, 0.717) is 31.0 Å². The van der Waals surface area contributed by atoms with Crippen LogP contribution in [0.25, 0.3) is 0 Å². The van der Waals surface area contributed by atoms with Gasteiger partial charge in [0.15, 0.2) is 0 Å². The Morgan fingerprint density at radius 3 is 2.86 bits per heavy atom. The zero-order valence-electron chi connectivity index (χ0n) is 12.3. The number of carboxylic acids is 1. The number of aliphatic carboxylic acids is 1. The van der Waals surface area contributed by atoms with Gasteiger partial charge in [-0.05, 0) is 24.7 Å². The molecule has 1 fully saturated rings. The van der Waals surface area contributed by atoms with E-state index in [2.05, 4.69) is 0 Å². The lowest BCUT2D eigenvalue weighted by Gasteiger charge is -2.29. The van der Waals surface area contributed by atoms with E-state index in [0.717, 1.165) is 0 Å². The molecule has 2 rings (SSSR count). The number of nitrogens with zero attached hydrogens (tertiary/aromatic N) is 1. The van der Waals surface area contributed by atoms with Crippen LogP contribution in [-0.4, -0.2) is 54.0 Å². The van der Waals surface area contributed by atoms with Crippen molar-refractivity contribution in [2.24, 2.45) is 5.92 Å². The summed E-state index contributed by atoms with van der Waals surface area (Å²) in [5.41, 5.74) is 0.715. The lowest BCUT2D eigenvalue weighted by molar-refractivity contribution is -0.143. The number of carbonyl (C=O) groups is 1. The Hall–Kier alpha value is -1.79. The second-order valence-electron chi connectivity index (χ2n) is 5.11. The molecule has 0 amide bonds. The van der Waals surface area contributed by atoms with Gasteiger partial charge in [0.05, 0.1) is 26.2 Å². The van der Waals surface area contributed by atoms with Gasteiger partial charge in [-0.1, -0.05) is 6.92 Å². The highest BCUT2D eigenvalue weighted by Crippen LogP contribution is 2.27. The van der Waals surface area contributed by atoms with E-state index in [1.165, 1.54) is 0 Å². The third-order valence-electron chi connectivity index (χ3n) is 3.90. The van der Waals surface area contributed by atoms with Crippen molar-refractivity contribution < 1.29 is 24.5 Å². The molecule has 2 N–H and O–H groups in total. The summed E-state index contributed by atoms with van der Waals surface area (Å²) in [6, 6.07) is 4.86. The number of methoxy groups -OCH3 is 1. The third kappa shape index (κ3) is 3.46. The second-order valence-corrected chi connectivity index (χ2v) is 5.11. The van der Waals surface area contributed by atoms with Gasteiger partial charge in [0, 0.05) is 18.2 Å². The first-order valence-electron chi connectivity index (χ1n) is 6.97. The lowest BCUT2D eigenvalue weighted by Crippen LogP contribution is -2.42. The molecule has 0 saturated carbocycles. The van der Waals surface area contributed by atoms with Crippen molar-refractivity contribution in [3.8, 4) is 11.5 Å².